The first-order chi connectivity index (χ1) is 8.81. The van der Waals surface area contributed by atoms with E-state index in [1.165, 1.54) is 17.7 Å². The monoisotopic (exact) mass is 269 g/mol. The van der Waals surface area contributed by atoms with Crippen LogP contribution in [-0.2, 0) is 6.54 Å². The number of aliphatic hydroxyl groups excluding tert-OH is 1. The minimum absolute atomic E-state index is 0.322. The zero-order valence-electron chi connectivity index (χ0n) is 11.1. The van der Waals surface area contributed by atoms with Gasteiger partial charge in [-0.3, -0.25) is 4.90 Å². The lowest BCUT2D eigenvalue weighted by molar-refractivity contribution is 0.116. The highest BCUT2D eigenvalue weighted by atomic mass is 32.1. The zero-order chi connectivity index (χ0) is 12.8. The minimum Gasteiger partial charge on any atom is -0.396 e. The molecule has 0 radical (unpaired) electrons. The summed E-state index contributed by atoms with van der Waals surface area (Å²) in [5.74, 6) is 0.462. The highest BCUT2D eigenvalue weighted by Crippen LogP contribution is 2.23. The van der Waals surface area contributed by atoms with Gasteiger partial charge in [-0.05, 0) is 31.7 Å². The average molecular weight is 269 g/mol. The molecule has 1 saturated heterocycles. The molecule has 1 atom stereocenters. The summed E-state index contributed by atoms with van der Waals surface area (Å²) in [6.45, 7) is 6.61. The quantitative estimate of drug-likeness (QED) is 0.831. The molecule has 0 spiro atoms. The van der Waals surface area contributed by atoms with Crippen LogP contribution in [0.15, 0.2) is 6.20 Å². The third-order valence-electron chi connectivity index (χ3n) is 3.32. The van der Waals surface area contributed by atoms with E-state index in [0.717, 1.165) is 37.7 Å². The van der Waals surface area contributed by atoms with Gasteiger partial charge in [-0.25, -0.2) is 4.98 Å². The normalized spacial score (nSPS) is 21.1. The molecule has 0 aliphatic carbocycles. The Balaban J connectivity index is 1.83. The fourth-order valence-electron chi connectivity index (χ4n) is 2.36. The van der Waals surface area contributed by atoms with Crippen molar-refractivity contribution in [1.82, 2.24) is 9.88 Å². The van der Waals surface area contributed by atoms with Gasteiger partial charge in [0.05, 0.1) is 0 Å². The minimum atomic E-state index is 0.322. The number of rotatable bonds is 6. The van der Waals surface area contributed by atoms with Crippen LogP contribution in [0.25, 0.3) is 0 Å². The number of nitrogens with zero attached hydrogens (tertiary/aromatic N) is 2. The zero-order valence-corrected chi connectivity index (χ0v) is 11.9. The number of piperidine rings is 1. The molecule has 1 aromatic rings. The number of likely N-dealkylation sites (tertiary alicyclic amines) is 1. The Kier molecular flexibility index (Phi) is 5.41. The SMILES string of the molecule is CCCNc1ncc(CN2CCCC(CO)C2)s1. The molecule has 18 heavy (non-hydrogen) atoms. The number of thiazole rings is 1. The lowest BCUT2D eigenvalue weighted by atomic mass is 9.99. The summed E-state index contributed by atoms with van der Waals surface area (Å²) < 4.78 is 0. The fourth-order valence-corrected chi connectivity index (χ4v) is 3.24. The largest absolute Gasteiger partial charge is 0.396 e. The lowest BCUT2D eigenvalue weighted by Crippen LogP contribution is -2.36. The molecule has 1 fully saturated rings. The highest BCUT2D eigenvalue weighted by Gasteiger charge is 2.19. The molecule has 5 heteroatoms. The van der Waals surface area contributed by atoms with Gasteiger partial charge in [0, 0.05) is 37.3 Å². The Hall–Kier alpha value is -0.650. The number of hydrogen-bond donors (Lipinski definition) is 2. The predicted octanol–water partition coefficient (Wildman–Crippen LogP) is 2.17. The van der Waals surface area contributed by atoms with Gasteiger partial charge in [0.15, 0.2) is 5.13 Å². The summed E-state index contributed by atoms with van der Waals surface area (Å²) in [5.41, 5.74) is 0. The molecular formula is C13H23N3OS. The first-order valence-corrected chi connectivity index (χ1v) is 7.65. The van der Waals surface area contributed by atoms with Gasteiger partial charge < -0.3 is 10.4 Å². The van der Waals surface area contributed by atoms with Crippen LogP contribution in [-0.4, -0.2) is 41.2 Å². The predicted molar refractivity (Wildman–Crippen MR) is 76.0 cm³/mol. The Labute approximate surface area is 113 Å². The van der Waals surface area contributed by atoms with Crippen molar-refractivity contribution in [3.05, 3.63) is 11.1 Å². The molecule has 0 saturated carbocycles. The third kappa shape index (κ3) is 3.93. The van der Waals surface area contributed by atoms with Crippen LogP contribution in [0, 0.1) is 5.92 Å². The second kappa shape index (κ2) is 7.07. The van der Waals surface area contributed by atoms with Crippen molar-refractivity contribution in [2.75, 3.05) is 31.6 Å². The summed E-state index contributed by atoms with van der Waals surface area (Å²) in [7, 11) is 0. The average Bonchev–Trinajstić information content (AvgIpc) is 2.84. The molecule has 102 valence electrons. The maximum atomic E-state index is 9.23. The highest BCUT2D eigenvalue weighted by molar-refractivity contribution is 7.15. The van der Waals surface area contributed by atoms with E-state index in [9.17, 15) is 5.11 Å². The van der Waals surface area contributed by atoms with Crippen LogP contribution in [0.4, 0.5) is 5.13 Å². The van der Waals surface area contributed by atoms with Crippen LogP contribution in [0.5, 0.6) is 0 Å². The van der Waals surface area contributed by atoms with E-state index >= 15 is 0 Å². The van der Waals surface area contributed by atoms with Gasteiger partial charge >= 0.3 is 0 Å². The molecule has 0 amide bonds. The van der Waals surface area contributed by atoms with E-state index in [4.69, 9.17) is 0 Å². The van der Waals surface area contributed by atoms with Gasteiger partial charge in [0.1, 0.15) is 0 Å². The number of nitrogens with one attached hydrogen (secondary N) is 1. The topological polar surface area (TPSA) is 48.4 Å². The van der Waals surface area contributed by atoms with Gasteiger partial charge in [0.25, 0.3) is 0 Å². The summed E-state index contributed by atoms with van der Waals surface area (Å²) >= 11 is 1.75. The van der Waals surface area contributed by atoms with Crippen LogP contribution in [0.1, 0.15) is 31.1 Å². The molecule has 0 aromatic carbocycles. The van der Waals surface area contributed by atoms with Gasteiger partial charge in [-0.15, -0.1) is 11.3 Å². The first kappa shape index (κ1) is 13.8. The van der Waals surface area contributed by atoms with Crippen molar-refractivity contribution in [1.29, 1.82) is 0 Å². The molecule has 1 aliphatic heterocycles. The van der Waals surface area contributed by atoms with Gasteiger partial charge in [0.2, 0.25) is 0 Å². The molecule has 2 rings (SSSR count). The van der Waals surface area contributed by atoms with Crippen molar-refractivity contribution in [2.45, 2.75) is 32.7 Å². The van der Waals surface area contributed by atoms with Crippen molar-refractivity contribution in [3.8, 4) is 0 Å². The smallest absolute Gasteiger partial charge is 0.182 e. The van der Waals surface area contributed by atoms with E-state index in [1.807, 2.05) is 6.20 Å². The van der Waals surface area contributed by atoms with Crippen molar-refractivity contribution in [3.63, 3.8) is 0 Å². The molecule has 2 heterocycles. The first-order valence-electron chi connectivity index (χ1n) is 6.83. The van der Waals surface area contributed by atoms with Crippen molar-refractivity contribution in [2.24, 2.45) is 5.92 Å². The standard InChI is InChI=1S/C13H23N3OS/c1-2-5-14-13-15-7-12(18-13)9-16-6-3-4-11(8-16)10-17/h7,11,17H,2-6,8-10H2,1H3,(H,14,15). The summed E-state index contributed by atoms with van der Waals surface area (Å²) in [4.78, 5) is 8.13. The Morgan fingerprint density at radius 1 is 1.61 bits per heavy atom. The van der Waals surface area contributed by atoms with Crippen molar-refractivity contribution >= 4 is 16.5 Å². The van der Waals surface area contributed by atoms with E-state index in [1.54, 1.807) is 11.3 Å². The fraction of sp³-hybridized carbons (Fsp3) is 0.769. The maximum absolute atomic E-state index is 9.23. The Bertz CT molecular complexity index is 356. The van der Waals surface area contributed by atoms with Crippen LogP contribution >= 0.6 is 11.3 Å². The van der Waals surface area contributed by atoms with Gasteiger partial charge in [-0.2, -0.15) is 0 Å². The number of hydrogen-bond acceptors (Lipinski definition) is 5. The second-order valence-electron chi connectivity index (χ2n) is 4.98. The maximum Gasteiger partial charge on any atom is 0.182 e. The number of aliphatic hydroxyl groups is 1. The van der Waals surface area contributed by atoms with E-state index in [2.05, 4.69) is 22.1 Å². The summed E-state index contributed by atoms with van der Waals surface area (Å²) in [6.07, 6.45) is 5.47. The molecule has 2 N–H and O–H groups in total. The van der Waals surface area contributed by atoms with Crippen LogP contribution < -0.4 is 5.32 Å². The van der Waals surface area contributed by atoms with E-state index in [-0.39, 0.29) is 0 Å². The third-order valence-corrected chi connectivity index (χ3v) is 4.26. The number of aromatic nitrogens is 1. The number of anilines is 1. The van der Waals surface area contributed by atoms with E-state index < -0.39 is 0 Å². The molecular weight excluding hydrogens is 246 g/mol. The molecule has 4 nitrogen and oxygen atoms in total. The Morgan fingerprint density at radius 2 is 2.50 bits per heavy atom. The molecule has 1 aromatic heterocycles. The molecule has 0 bridgehead atoms. The Morgan fingerprint density at radius 3 is 3.28 bits per heavy atom. The lowest BCUT2D eigenvalue weighted by Gasteiger charge is -2.31. The van der Waals surface area contributed by atoms with E-state index in [0.29, 0.717) is 12.5 Å². The van der Waals surface area contributed by atoms with Crippen LogP contribution in [0.2, 0.25) is 0 Å². The van der Waals surface area contributed by atoms with Gasteiger partial charge in [-0.1, -0.05) is 6.92 Å². The summed E-state index contributed by atoms with van der Waals surface area (Å²) in [6, 6.07) is 0. The molecule has 1 aliphatic rings. The molecule has 1 unspecified atom stereocenters. The van der Waals surface area contributed by atoms with Crippen molar-refractivity contribution < 1.29 is 5.11 Å². The second-order valence-corrected chi connectivity index (χ2v) is 6.10. The van der Waals surface area contributed by atoms with Crippen LogP contribution in [0.3, 0.4) is 0 Å². The summed E-state index contributed by atoms with van der Waals surface area (Å²) in [5, 5.41) is 13.6.